The molecular formula is C14H18N2O. The highest BCUT2D eigenvalue weighted by molar-refractivity contribution is 5.81. The van der Waals surface area contributed by atoms with E-state index in [4.69, 9.17) is 0 Å². The Bertz CT molecular complexity index is 484. The summed E-state index contributed by atoms with van der Waals surface area (Å²) in [5.41, 5.74) is 1.23. The van der Waals surface area contributed by atoms with E-state index in [-0.39, 0.29) is 6.10 Å². The Balaban J connectivity index is 1.99. The van der Waals surface area contributed by atoms with Gasteiger partial charge in [-0.3, -0.25) is 4.98 Å². The van der Waals surface area contributed by atoms with Gasteiger partial charge < -0.3 is 10.4 Å². The van der Waals surface area contributed by atoms with Crippen LogP contribution in [0.25, 0.3) is 10.8 Å². The molecule has 0 aliphatic heterocycles. The first kappa shape index (κ1) is 12.0. The van der Waals surface area contributed by atoms with Crippen molar-refractivity contribution < 1.29 is 5.11 Å². The zero-order chi connectivity index (χ0) is 12.1. The van der Waals surface area contributed by atoms with Gasteiger partial charge in [0.25, 0.3) is 0 Å². The van der Waals surface area contributed by atoms with E-state index in [2.05, 4.69) is 28.5 Å². The SMILES string of the molecule is CCC(O)CNCc1ccc2cnccc2c1. The van der Waals surface area contributed by atoms with Crippen LogP contribution in [0.5, 0.6) is 0 Å². The standard InChI is InChI=1S/C14H18N2O/c1-2-14(17)10-16-8-11-3-4-13-9-15-6-5-12(13)7-11/h3-7,9,14,16-17H,2,8,10H2,1H3. The van der Waals surface area contributed by atoms with Crippen molar-refractivity contribution in [3.8, 4) is 0 Å². The summed E-state index contributed by atoms with van der Waals surface area (Å²) in [6.45, 7) is 3.41. The van der Waals surface area contributed by atoms with Crippen molar-refractivity contribution in [2.45, 2.75) is 26.0 Å². The van der Waals surface area contributed by atoms with Gasteiger partial charge in [-0.25, -0.2) is 0 Å². The average Bonchev–Trinajstić information content (AvgIpc) is 2.38. The monoisotopic (exact) mass is 230 g/mol. The van der Waals surface area contributed by atoms with Crippen molar-refractivity contribution in [3.63, 3.8) is 0 Å². The summed E-state index contributed by atoms with van der Waals surface area (Å²) in [6.07, 6.45) is 4.21. The topological polar surface area (TPSA) is 45.1 Å². The number of fused-ring (bicyclic) bond motifs is 1. The zero-order valence-corrected chi connectivity index (χ0v) is 10.1. The lowest BCUT2D eigenvalue weighted by molar-refractivity contribution is 0.167. The summed E-state index contributed by atoms with van der Waals surface area (Å²) in [4.78, 5) is 4.09. The number of benzene rings is 1. The van der Waals surface area contributed by atoms with E-state index in [0.29, 0.717) is 6.54 Å². The maximum absolute atomic E-state index is 9.44. The van der Waals surface area contributed by atoms with Crippen molar-refractivity contribution in [1.29, 1.82) is 0 Å². The maximum Gasteiger partial charge on any atom is 0.0662 e. The maximum atomic E-state index is 9.44. The third kappa shape index (κ3) is 3.25. The van der Waals surface area contributed by atoms with Crippen molar-refractivity contribution in [2.75, 3.05) is 6.54 Å². The van der Waals surface area contributed by atoms with Gasteiger partial charge in [0.15, 0.2) is 0 Å². The third-order valence-electron chi connectivity index (χ3n) is 2.89. The van der Waals surface area contributed by atoms with Crippen LogP contribution in [0.15, 0.2) is 36.7 Å². The quantitative estimate of drug-likeness (QED) is 0.826. The number of pyridine rings is 1. The number of aliphatic hydroxyl groups excluding tert-OH is 1. The van der Waals surface area contributed by atoms with Crippen LogP contribution >= 0.6 is 0 Å². The Hall–Kier alpha value is -1.45. The van der Waals surface area contributed by atoms with E-state index in [1.165, 1.54) is 10.9 Å². The Kier molecular flexibility index (Phi) is 4.07. The van der Waals surface area contributed by atoms with Gasteiger partial charge in [0.1, 0.15) is 0 Å². The number of hydrogen-bond donors (Lipinski definition) is 2. The van der Waals surface area contributed by atoms with E-state index in [1.807, 2.05) is 19.2 Å². The largest absolute Gasteiger partial charge is 0.392 e. The number of rotatable bonds is 5. The highest BCUT2D eigenvalue weighted by atomic mass is 16.3. The van der Waals surface area contributed by atoms with E-state index in [9.17, 15) is 5.11 Å². The molecule has 0 aliphatic rings. The van der Waals surface area contributed by atoms with Crippen LogP contribution in [-0.4, -0.2) is 22.7 Å². The van der Waals surface area contributed by atoms with Crippen LogP contribution in [-0.2, 0) is 6.54 Å². The van der Waals surface area contributed by atoms with Gasteiger partial charge in [-0.15, -0.1) is 0 Å². The number of nitrogens with zero attached hydrogens (tertiary/aromatic N) is 1. The third-order valence-corrected chi connectivity index (χ3v) is 2.89. The van der Waals surface area contributed by atoms with Gasteiger partial charge in [-0.1, -0.05) is 19.1 Å². The Morgan fingerprint density at radius 1 is 1.29 bits per heavy atom. The van der Waals surface area contributed by atoms with Gasteiger partial charge in [0.05, 0.1) is 6.10 Å². The van der Waals surface area contributed by atoms with E-state index < -0.39 is 0 Å². The molecule has 0 radical (unpaired) electrons. The molecule has 1 aromatic carbocycles. The van der Waals surface area contributed by atoms with Crippen LogP contribution in [0.4, 0.5) is 0 Å². The summed E-state index contributed by atoms with van der Waals surface area (Å²) >= 11 is 0. The van der Waals surface area contributed by atoms with Gasteiger partial charge in [0, 0.05) is 30.9 Å². The highest BCUT2D eigenvalue weighted by Crippen LogP contribution is 2.14. The normalized spacial score (nSPS) is 12.8. The minimum atomic E-state index is -0.250. The lowest BCUT2D eigenvalue weighted by Gasteiger charge is -2.09. The van der Waals surface area contributed by atoms with Gasteiger partial charge >= 0.3 is 0 Å². The van der Waals surface area contributed by atoms with Crippen LogP contribution in [0, 0.1) is 0 Å². The molecule has 0 fully saturated rings. The molecule has 2 N–H and O–H groups in total. The molecule has 90 valence electrons. The predicted molar refractivity (Wildman–Crippen MR) is 69.7 cm³/mol. The van der Waals surface area contributed by atoms with Crippen LogP contribution in [0.3, 0.4) is 0 Å². The number of nitrogens with one attached hydrogen (secondary N) is 1. The van der Waals surface area contributed by atoms with Crippen molar-refractivity contribution in [2.24, 2.45) is 0 Å². The van der Waals surface area contributed by atoms with Gasteiger partial charge in [0.2, 0.25) is 0 Å². The van der Waals surface area contributed by atoms with Gasteiger partial charge in [-0.2, -0.15) is 0 Å². The molecule has 2 rings (SSSR count). The van der Waals surface area contributed by atoms with Crippen molar-refractivity contribution in [1.82, 2.24) is 10.3 Å². The van der Waals surface area contributed by atoms with E-state index in [1.54, 1.807) is 6.20 Å². The van der Waals surface area contributed by atoms with Gasteiger partial charge in [-0.05, 0) is 29.5 Å². The molecule has 3 nitrogen and oxygen atoms in total. The molecule has 0 saturated carbocycles. The van der Waals surface area contributed by atoms with Crippen LogP contribution in [0.1, 0.15) is 18.9 Å². The van der Waals surface area contributed by atoms with Crippen molar-refractivity contribution >= 4 is 10.8 Å². The van der Waals surface area contributed by atoms with Crippen LogP contribution < -0.4 is 5.32 Å². The summed E-state index contributed by atoms with van der Waals surface area (Å²) in [6, 6.07) is 8.34. The van der Waals surface area contributed by atoms with Crippen molar-refractivity contribution in [3.05, 3.63) is 42.2 Å². The lowest BCUT2D eigenvalue weighted by atomic mass is 10.1. The molecule has 0 amide bonds. The van der Waals surface area contributed by atoms with E-state index in [0.717, 1.165) is 18.4 Å². The summed E-state index contributed by atoms with van der Waals surface area (Å²) in [5, 5.41) is 15.0. The Morgan fingerprint density at radius 3 is 3.00 bits per heavy atom. The molecule has 17 heavy (non-hydrogen) atoms. The first-order valence-corrected chi connectivity index (χ1v) is 6.01. The molecular weight excluding hydrogens is 212 g/mol. The summed E-state index contributed by atoms with van der Waals surface area (Å²) in [5.74, 6) is 0. The zero-order valence-electron chi connectivity index (χ0n) is 10.1. The lowest BCUT2D eigenvalue weighted by Crippen LogP contribution is -2.25. The fourth-order valence-corrected chi connectivity index (χ4v) is 1.77. The molecule has 1 heterocycles. The minimum Gasteiger partial charge on any atom is -0.392 e. The second-order valence-electron chi connectivity index (χ2n) is 4.25. The molecule has 1 aromatic heterocycles. The molecule has 1 unspecified atom stereocenters. The number of aliphatic hydroxyl groups is 1. The molecule has 0 aliphatic carbocycles. The summed E-state index contributed by atoms with van der Waals surface area (Å²) < 4.78 is 0. The molecule has 0 spiro atoms. The molecule has 3 heteroatoms. The van der Waals surface area contributed by atoms with E-state index >= 15 is 0 Å². The Morgan fingerprint density at radius 2 is 2.18 bits per heavy atom. The average molecular weight is 230 g/mol. The fraction of sp³-hybridized carbons (Fsp3) is 0.357. The fourth-order valence-electron chi connectivity index (χ4n) is 1.77. The molecule has 0 bridgehead atoms. The first-order valence-electron chi connectivity index (χ1n) is 6.01. The minimum absolute atomic E-state index is 0.250. The predicted octanol–water partition coefficient (Wildman–Crippen LogP) is 2.10. The number of aromatic nitrogens is 1. The first-order chi connectivity index (χ1) is 8.29. The van der Waals surface area contributed by atoms with Crippen LogP contribution in [0.2, 0.25) is 0 Å². The molecule has 0 saturated heterocycles. The Labute approximate surface area is 102 Å². The highest BCUT2D eigenvalue weighted by Gasteiger charge is 2.00. The number of hydrogen-bond acceptors (Lipinski definition) is 3. The smallest absolute Gasteiger partial charge is 0.0662 e. The second kappa shape index (κ2) is 5.75. The second-order valence-corrected chi connectivity index (χ2v) is 4.25. The summed E-state index contributed by atoms with van der Waals surface area (Å²) in [7, 11) is 0. The molecule has 2 aromatic rings. The molecule has 1 atom stereocenters.